The van der Waals surface area contributed by atoms with Gasteiger partial charge in [-0.3, -0.25) is 24.0 Å². The average Bonchev–Trinajstić information content (AvgIpc) is 2.80. The minimum absolute atomic E-state index is 0.0391. The molecule has 8 nitrogen and oxygen atoms in total. The maximum absolute atomic E-state index is 15.0. The summed E-state index contributed by atoms with van der Waals surface area (Å²) in [6.07, 6.45) is 3.55. The van der Waals surface area contributed by atoms with Gasteiger partial charge in [0.05, 0.1) is 10.9 Å². The first kappa shape index (κ1) is 20.9. The van der Waals surface area contributed by atoms with Crippen molar-refractivity contribution in [1.29, 1.82) is 0 Å². The predicted octanol–water partition coefficient (Wildman–Crippen LogP) is 1.50. The summed E-state index contributed by atoms with van der Waals surface area (Å²) in [5.74, 6) is -0.426. The highest BCUT2D eigenvalue weighted by Crippen LogP contribution is 2.29. The number of hydrogen-bond donors (Lipinski definition) is 2. The van der Waals surface area contributed by atoms with E-state index >= 15 is 4.39 Å². The smallest absolute Gasteiger partial charge is 0.328 e. The number of amides is 1. The van der Waals surface area contributed by atoms with Gasteiger partial charge in [-0.25, -0.2) is 9.18 Å². The summed E-state index contributed by atoms with van der Waals surface area (Å²) >= 11 is 0. The van der Waals surface area contributed by atoms with Crippen molar-refractivity contribution in [3.05, 3.63) is 73.9 Å². The van der Waals surface area contributed by atoms with E-state index in [1.54, 1.807) is 31.4 Å². The Morgan fingerprint density at radius 1 is 1.23 bits per heavy atom. The van der Waals surface area contributed by atoms with Crippen molar-refractivity contribution in [3.63, 3.8) is 0 Å². The first-order valence-corrected chi connectivity index (χ1v) is 10.2. The molecule has 0 saturated carbocycles. The van der Waals surface area contributed by atoms with Crippen molar-refractivity contribution in [2.45, 2.75) is 25.3 Å². The van der Waals surface area contributed by atoms with Crippen molar-refractivity contribution in [3.8, 4) is 0 Å². The second-order valence-electron chi connectivity index (χ2n) is 7.86. The molecule has 0 spiro atoms. The number of hydrogen-bond acceptors (Lipinski definition) is 5. The Hall–Kier alpha value is -3.33. The Labute approximate surface area is 177 Å². The molecule has 0 bridgehead atoms. The number of pyridine rings is 1. The van der Waals surface area contributed by atoms with E-state index in [4.69, 9.17) is 0 Å². The lowest BCUT2D eigenvalue weighted by Crippen LogP contribution is -2.34. The fraction of sp³-hybridized carbons (Fsp3) is 0.364. The number of carbonyl (C=O) groups excluding carboxylic acids is 1. The normalized spacial score (nSPS) is 15.3. The van der Waals surface area contributed by atoms with Crippen molar-refractivity contribution in [2.75, 3.05) is 20.1 Å². The molecule has 2 N–H and O–H groups in total. The van der Waals surface area contributed by atoms with Gasteiger partial charge in [0.25, 0.3) is 11.5 Å². The van der Waals surface area contributed by atoms with Crippen molar-refractivity contribution in [2.24, 2.45) is 7.05 Å². The van der Waals surface area contributed by atoms with Gasteiger partial charge in [0, 0.05) is 32.4 Å². The van der Waals surface area contributed by atoms with Gasteiger partial charge in [-0.05, 0) is 49.5 Å². The number of aromatic nitrogens is 3. The van der Waals surface area contributed by atoms with E-state index in [2.05, 4.69) is 20.2 Å². The van der Waals surface area contributed by atoms with E-state index in [-0.39, 0.29) is 16.8 Å². The average molecular weight is 425 g/mol. The number of carbonyl (C=O) groups is 1. The van der Waals surface area contributed by atoms with Crippen LogP contribution in [0.3, 0.4) is 0 Å². The first-order chi connectivity index (χ1) is 14.9. The standard InChI is InChI=1S/C22H24FN5O3/c1-24-20(29)17-6-4-14(11-25-17)13-7-9-28(10-8-13)12-15-3-5-16-19(18(15)23)26-22(31)27(2)21(16)30/h3-6,11,13H,7-10,12H2,1-2H3,(H,24,29)(H,26,31). The Kier molecular flexibility index (Phi) is 5.69. The molecule has 0 unspecified atom stereocenters. The molecule has 1 aromatic carbocycles. The SMILES string of the molecule is CNC(=O)c1ccc(C2CCN(Cc3ccc4c(=O)n(C)c(=O)[nH]c4c3F)CC2)cn1. The van der Waals surface area contributed by atoms with Crippen LogP contribution in [0.25, 0.3) is 10.9 Å². The van der Waals surface area contributed by atoms with E-state index in [0.29, 0.717) is 23.7 Å². The lowest BCUT2D eigenvalue weighted by atomic mass is 9.90. The number of piperidine rings is 1. The molecule has 1 aliphatic heterocycles. The van der Waals surface area contributed by atoms with Crippen LogP contribution < -0.4 is 16.6 Å². The molecule has 3 aromatic rings. The minimum Gasteiger partial charge on any atom is -0.354 e. The third-order valence-corrected chi connectivity index (χ3v) is 5.99. The predicted molar refractivity (Wildman–Crippen MR) is 115 cm³/mol. The molecular formula is C22H24FN5O3. The number of nitrogens with zero attached hydrogens (tertiary/aromatic N) is 3. The van der Waals surface area contributed by atoms with Crippen LogP contribution in [0.1, 0.15) is 40.4 Å². The summed E-state index contributed by atoms with van der Waals surface area (Å²) in [6, 6.07) is 6.86. The maximum Gasteiger partial charge on any atom is 0.328 e. The Balaban J connectivity index is 1.45. The fourth-order valence-corrected chi connectivity index (χ4v) is 4.08. The second kappa shape index (κ2) is 8.43. The van der Waals surface area contributed by atoms with Crippen LogP contribution in [0.15, 0.2) is 40.1 Å². The van der Waals surface area contributed by atoms with Crippen molar-refractivity contribution < 1.29 is 9.18 Å². The van der Waals surface area contributed by atoms with Gasteiger partial charge >= 0.3 is 5.69 Å². The van der Waals surface area contributed by atoms with Crippen molar-refractivity contribution >= 4 is 16.8 Å². The first-order valence-electron chi connectivity index (χ1n) is 10.2. The van der Waals surface area contributed by atoms with E-state index in [1.807, 2.05) is 6.07 Å². The highest BCUT2D eigenvalue weighted by molar-refractivity contribution is 5.91. The summed E-state index contributed by atoms with van der Waals surface area (Å²) in [7, 11) is 2.93. The monoisotopic (exact) mass is 425 g/mol. The molecule has 4 rings (SSSR count). The third-order valence-electron chi connectivity index (χ3n) is 5.99. The van der Waals surface area contributed by atoms with Crippen LogP contribution in [0.2, 0.25) is 0 Å². The molecule has 1 aliphatic rings. The Bertz CT molecular complexity index is 1240. The quantitative estimate of drug-likeness (QED) is 0.660. The van der Waals surface area contributed by atoms with E-state index in [0.717, 1.165) is 36.1 Å². The number of rotatable bonds is 4. The van der Waals surface area contributed by atoms with Gasteiger partial charge in [0.1, 0.15) is 5.69 Å². The number of fused-ring (bicyclic) bond motifs is 1. The summed E-state index contributed by atoms with van der Waals surface area (Å²) in [4.78, 5) is 44.5. The van der Waals surface area contributed by atoms with Crippen LogP contribution in [-0.4, -0.2) is 45.5 Å². The van der Waals surface area contributed by atoms with E-state index < -0.39 is 17.1 Å². The van der Waals surface area contributed by atoms with Crippen LogP contribution >= 0.6 is 0 Å². The van der Waals surface area contributed by atoms with Crippen LogP contribution in [-0.2, 0) is 13.6 Å². The van der Waals surface area contributed by atoms with Crippen molar-refractivity contribution in [1.82, 2.24) is 24.8 Å². The highest BCUT2D eigenvalue weighted by atomic mass is 19.1. The minimum atomic E-state index is -0.634. The van der Waals surface area contributed by atoms with Gasteiger partial charge in [0.15, 0.2) is 5.82 Å². The third kappa shape index (κ3) is 4.00. The molecular weight excluding hydrogens is 401 g/mol. The molecule has 31 heavy (non-hydrogen) atoms. The lowest BCUT2D eigenvalue weighted by molar-refractivity contribution is 0.0958. The largest absolute Gasteiger partial charge is 0.354 e. The van der Waals surface area contributed by atoms with Crippen LogP contribution in [0.5, 0.6) is 0 Å². The Morgan fingerprint density at radius 3 is 2.61 bits per heavy atom. The molecule has 1 amide bonds. The number of halogens is 1. The molecule has 1 fully saturated rings. The maximum atomic E-state index is 15.0. The van der Waals surface area contributed by atoms with Gasteiger partial charge in [-0.2, -0.15) is 0 Å². The number of likely N-dealkylation sites (tertiary alicyclic amines) is 1. The van der Waals surface area contributed by atoms with Crippen LogP contribution in [0, 0.1) is 5.82 Å². The van der Waals surface area contributed by atoms with Gasteiger partial charge < -0.3 is 10.3 Å². The van der Waals surface area contributed by atoms with Gasteiger partial charge in [0.2, 0.25) is 0 Å². The molecule has 162 valence electrons. The number of nitrogens with one attached hydrogen (secondary N) is 2. The second-order valence-corrected chi connectivity index (χ2v) is 7.86. The van der Waals surface area contributed by atoms with Crippen LogP contribution in [0.4, 0.5) is 4.39 Å². The van der Waals surface area contributed by atoms with E-state index in [1.165, 1.54) is 7.05 Å². The zero-order valence-electron chi connectivity index (χ0n) is 17.4. The molecule has 0 atom stereocenters. The fourth-order valence-electron chi connectivity index (χ4n) is 4.08. The number of aromatic amines is 1. The summed E-state index contributed by atoms with van der Waals surface area (Å²) in [5, 5.41) is 2.72. The Morgan fingerprint density at radius 2 is 1.97 bits per heavy atom. The molecule has 9 heteroatoms. The number of benzene rings is 1. The van der Waals surface area contributed by atoms with E-state index in [9.17, 15) is 14.4 Å². The van der Waals surface area contributed by atoms with Gasteiger partial charge in [-0.15, -0.1) is 0 Å². The molecule has 2 aromatic heterocycles. The topological polar surface area (TPSA) is 100 Å². The highest BCUT2D eigenvalue weighted by Gasteiger charge is 2.23. The summed E-state index contributed by atoms with van der Waals surface area (Å²) < 4.78 is 15.9. The molecule has 3 heterocycles. The lowest BCUT2D eigenvalue weighted by Gasteiger charge is -2.32. The summed E-state index contributed by atoms with van der Waals surface area (Å²) in [5.41, 5.74) is 0.752. The molecule has 0 aliphatic carbocycles. The number of H-pyrrole nitrogens is 1. The molecule has 0 radical (unpaired) electrons. The van der Waals surface area contributed by atoms with Gasteiger partial charge in [-0.1, -0.05) is 12.1 Å². The summed E-state index contributed by atoms with van der Waals surface area (Å²) in [6.45, 7) is 1.97. The molecule has 1 saturated heterocycles. The zero-order valence-corrected chi connectivity index (χ0v) is 17.4. The zero-order chi connectivity index (χ0) is 22.1.